The minimum Gasteiger partial charge on any atom is -0.381 e. The van der Waals surface area contributed by atoms with E-state index in [1.807, 2.05) is 19.1 Å². The van der Waals surface area contributed by atoms with Crippen LogP contribution in [-0.4, -0.2) is 22.3 Å². The molecule has 0 saturated heterocycles. The second kappa shape index (κ2) is 6.02. The van der Waals surface area contributed by atoms with Crippen molar-refractivity contribution in [3.05, 3.63) is 28.2 Å². The molecule has 0 spiro atoms. The predicted molar refractivity (Wildman–Crippen MR) is 70.9 cm³/mol. The number of hydrogen-bond donors (Lipinski definition) is 1. The average molecular weight is 301 g/mol. The number of benzene rings is 1. The van der Waals surface area contributed by atoms with E-state index in [1.165, 1.54) is 0 Å². The summed E-state index contributed by atoms with van der Waals surface area (Å²) in [4.78, 5) is 0. The molecule has 1 aromatic rings. The zero-order valence-electron chi connectivity index (χ0n) is 9.16. The van der Waals surface area contributed by atoms with E-state index in [-0.39, 0.29) is 6.04 Å². The lowest BCUT2D eigenvalue weighted by Crippen LogP contribution is -2.22. The van der Waals surface area contributed by atoms with Gasteiger partial charge >= 0.3 is 0 Å². The Labute approximate surface area is 106 Å². The van der Waals surface area contributed by atoms with Crippen LogP contribution < -0.4 is 5.32 Å². The minimum atomic E-state index is -0.840. The Morgan fingerprint density at radius 2 is 2.31 bits per heavy atom. The zero-order valence-corrected chi connectivity index (χ0v) is 11.6. The first-order chi connectivity index (χ1) is 7.52. The molecule has 0 aliphatic rings. The van der Waals surface area contributed by atoms with Crippen molar-refractivity contribution in [1.29, 1.82) is 5.26 Å². The van der Waals surface area contributed by atoms with Crippen LogP contribution in [0.3, 0.4) is 0 Å². The summed E-state index contributed by atoms with van der Waals surface area (Å²) in [6.07, 6.45) is 1.67. The smallest absolute Gasteiger partial charge is 0.101 e. The molecule has 16 heavy (non-hydrogen) atoms. The van der Waals surface area contributed by atoms with Gasteiger partial charge in [0.1, 0.15) is 6.07 Å². The van der Waals surface area contributed by atoms with E-state index in [4.69, 9.17) is 5.26 Å². The van der Waals surface area contributed by atoms with Crippen molar-refractivity contribution in [1.82, 2.24) is 0 Å². The highest BCUT2D eigenvalue weighted by molar-refractivity contribution is 9.10. The Morgan fingerprint density at radius 1 is 1.62 bits per heavy atom. The lowest BCUT2D eigenvalue weighted by Gasteiger charge is -2.15. The topological polar surface area (TPSA) is 52.9 Å². The molecule has 1 aromatic carbocycles. The van der Waals surface area contributed by atoms with E-state index in [0.717, 1.165) is 10.2 Å². The molecular formula is C11H13BrN2OS. The Kier molecular flexibility index (Phi) is 4.97. The van der Waals surface area contributed by atoms with Gasteiger partial charge in [-0.25, -0.2) is 0 Å². The molecule has 0 saturated carbocycles. The van der Waals surface area contributed by atoms with E-state index >= 15 is 0 Å². The first-order valence-corrected chi connectivity index (χ1v) is 7.31. The van der Waals surface area contributed by atoms with Crippen LogP contribution in [0.4, 0.5) is 5.69 Å². The van der Waals surface area contributed by atoms with Crippen LogP contribution in [-0.2, 0) is 10.8 Å². The Bertz CT molecular complexity index is 442. The van der Waals surface area contributed by atoms with Crippen LogP contribution in [0, 0.1) is 11.3 Å². The predicted octanol–water partition coefficient (Wildman–Crippen LogP) is 2.50. The Balaban J connectivity index is 2.84. The third-order valence-electron chi connectivity index (χ3n) is 1.99. The van der Waals surface area contributed by atoms with Crippen molar-refractivity contribution < 1.29 is 4.21 Å². The lowest BCUT2D eigenvalue weighted by atomic mass is 10.2. The number of halogens is 1. The molecular weight excluding hydrogens is 288 g/mol. The van der Waals surface area contributed by atoms with Gasteiger partial charge in [0.15, 0.2) is 0 Å². The number of nitrogens with zero attached hydrogens (tertiary/aromatic N) is 1. The van der Waals surface area contributed by atoms with E-state index in [2.05, 4.69) is 27.3 Å². The zero-order chi connectivity index (χ0) is 12.1. The second-order valence-electron chi connectivity index (χ2n) is 3.59. The molecule has 3 nitrogen and oxygen atoms in total. The Hall–Kier alpha value is -0.860. The maximum atomic E-state index is 11.1. The monoisotopic (exact) mass is 300 g/mol. The van der Waals surface area contributed by atoms with E-state index < -0.39 is 10.8 Å². The number of rotatable bonds is 4. The molecule has 0 aliphatic heterocycles. The largest absolute Gasteiger partial charge is 0.381 e. The van der Waals surface area contributed by atoms with Crippen molar-refractivity contribution >= 4 is 32.4 Å². The van der Waals surface area contributed by atoms with Gasteiger partial charge < -0.3 is 5.32 Å². The fourth-order valence-electron chi connectivity index (χ4n) is 1.39. The van der Waals surface area contributed by atoms with Crippen molar-refractivity contribution in [3.63, 3.8) is 0 Å². The minimum absolute atomic E-state index is 0.0761. The maximum absolute atomic E-state index is 11.1. The van der Waals surface area contributed by atoms with Crippen LogP contribution in [0.1, 0.15) is 12.5 Å². The number of nitriles is 1. The summed E-state index contributed by atoms with van der Waals surface area (Å²) < 4.78 is 12.0. The first-order valence-electron chi connectivity index (χ1n) is 4.79. The molecule has 86 valence electrons. The first kappa shape index (κ1) is 13.2. The van der Waals surface area contributed by atoms with Gasteiger partial charge in [-0.1, -0.05) is 15.9 Å². The molecule has 2 atom stereocenters. The molecule has 0 aromatic heterocycles. The quantitative estimate of drug-likeness (QED) is 0.929. The summed E-state index contributed by atoms with van der Waals surface area (Å²) in [5, 5.41) is 12.1. The van der Waals surface area contributed by atoms with Crippen molar-refractivity contribution in [3.8, 4) is 6.07 Å². The van der Waals surface area contributed by atoms with Crippen molar-refractivity contribution in [2.24, 2.45) is 0 Å². The van der Waals surface area contributed by atoms with Gasteiger partial charge in [0, 0.05) is 33.3 Å². The molecule has 0 radical (unpaired) electrons. The van der Waals surface area contributed by atoms with E-state index in [9.17, 15) is 4.21 Å². The molecule has 0 heterocycles. The van der Waals surface area contributed by atoms with Crippen LogP contribution in [0.5, 0.6) is 0 Å². The standard InChI is InChI=1S/C11H13BrN2OS/c1-8(7-16(2)15)14-11-5-10(12)4-3-9(11)6-13/h3-5,8,14H,7H2,1-2H3. The summed E-state index contributed by atoms with van der Waals surface area (Å²) in [5.74, 6) is 0.567. The molecule has 2 unspecified atom stereocenters. The van der Waals surface area contributed by atoms with Gasteiger partial charge in [0.05, 0.1) is 11.3 Å². The van der Waals surface area contributed by atoms with E-state index in [0.29, 0.717) is 11.3 Å². The lowest BCUT2D eigenvalue weighted by molar-refractivity contribution is 0.683. The average Bonchev–Trinajstić information content (AvgIpc) is 2.16. The number of nitrogens with one attached hydrogen (secondary N) is 1. The summed E-state index contributed by atoms with van der Waals surface area (Å²) >= 11 is 3.36. The molecule has 0 aliphatic carbocycles. The summed E-state index contributed by atoms with van der Waals surface area (Å²) in [6, 6.07) is 7.63. The fourth-order valence-corrected chi connectivity index (χ4v) is 2.54. The summed E-state index contributed by atoms with van der Waals surface area (Å²) in [5.41, 5.74) is 1.37. The highest BCUT2D eigenvalue weighted by Gasteiger charge is 2.08. The van der Waals surface area contributed by atoms with Crippen LogP contribution in [0.15, 0.2) is 22.7 Å². The summed E-state index contributed by atoms with van der Waals surface area (Å²) in [6.45, 7) is 1.95. The third-order valence-corrected chi connectivity index (χ3v) is 3.45. The molecule has 1 rings (SSSR count). The van der Waals surface area contributed by atoms with Gasteiger partial charge in [-0.15, -0.1) is 0 Å². The van der Waals surface area contributed by atoms with Gasteiger partial charge in [-0.2, -0.15) is 5.26 Å². The van der Waals surface area contributed by atoms with Gasteiger partial charge in [0.2, 0.25) is 0 Å². The van der Waals surface area contributed by atoms with Crippen molar-refractivity contribution in [2.45, 2.75) is 13.0 Å². The third kappa shape index (κ3) is 3.95. The van der Waals surface area contributed by atoms with Gasteiger partial charge in [-0.3, -0.25) is 4.21 Å². The maximum Gasteiger partial charge on any atom is 0.101 e. The Morgan fingerprint density at radius 3 is 2.88 bits per heavy atom. The highest BCUT2D eigenvalue weighted by atomic mass is 79.9. The van der Waals surface area contributed by atoms with Gasteiger partial charge in [-0.05, 0) is 25.1 Å². The molecule has 1 N–H and O–H groups in total. The normalized spacial score (nSPS) is 13.9. The summed E-state index contributed by atoms with van der Waals surface area (Å²) in [7, 11) is -0.840. The SMILES string of the molecule is CC(CS(C)=O)Nc1cc(Br)ccc1C#N. The second-order valence-corrected chi connectivity index (χ2v) is 5.98. The van der Waals surface area contributed by atoms with Crippen LogP contribution >= 0.6 is 15.9 Å². The molecule has 0 fully saturated rings. The van der Waals surface area contributed by atoms with Gasteiger partial charge in [0.25, 0.3) is 0 Å². The number of hydrogen-bond acceptors (Lipinski definition) is 3. The highest BCUT2D eigenvalue weighted by Crippen LogP contribution is 2.21. The van der Waals surface area contributed by atoms with Crippen LogP contribution in [0.2, 0.25) is 0 Å². The molecule has 0 amide bonds. The molecule has 5 heteroatoms. The van der Waals surface area contributed by atoms with Crippen molar-refractivity contribution in [2.75, 3.05) is 17.3 Å². The number of anilines is 1. The van der Waals surface area contributed by atoms with E-state index in [1.54, 1.807) is 12.3 Å². The fraction of sp³-hybridized carbons (Fsp3) is 0.364. The van der Waals surface area contributed by atoms with Crippen LogP contribution in [0.25, 0.3) is 0 Å². The molecule has 0 bridgehead atoms.